The third kappa shape index (κ3) is 2.13. The second-order valence-corrected chi connectivity index (χ2v) is 4.35. The van der Waals surface area contributed by atoms with Crippen LogP contribution < -0.4 is 5.32 Å². The molecule has 0 aromatic carbocycles. The molecule has 0 bridgehead atoms. The Morgan fingerprint density at radius 3 is 2.94 bits per heavy atom. The van der Waals surface area contributed by atoms with Crippen molar-refractivity contribution in [3.8, 4) is 0 Å². The Balaban J connectivity index is 2.62. The molecule has 0 amide bonds. The lowest BCUT2D eigenvalue weighted by atomic mass is 10.1. The van der Waals surface area contributed by atoms with Gasteiger partial charge in [-0.25, -0.2) is 9.78 Å². The van der Waals surface area contributed by atoms with Gasteiger partial charge in [-0.05, 0) is 13.3 Å². The molecule has 6 heteroatoms. The number of anilines is 1. The number of rotatable bonds is 4. The highest BCUT2D eigenvalue weighted by Crippen LogP contribution is 2.26. The van der Waals surface area contributed by atoms with Crippen LogP contribution in [0.4, 0.5) is 5.69 Å². The van der Waals surface area contributed by atoms with Crippen molar-refractivity contribution in [2.75, 3.05) is 5.32 Å². The maximum atomic E-state index is 11.2. The predicted octanol–water partition coefficient (Wildman–Crippen LogP) is 1.88. The standard InChI is InChI=1S/C12H16N4O2/c1-4-7(2)14-10-8(12(17)18)5-13-11-9(10)6-16(3)15-11/h5-7,14H,4H2,1-3H3,(H,17,18). The van der Waals surface area contributed by atoms with E-state index in [9.17, 15) is 9.90 Å². The third-order valence-electron chi connectivity index (χ3n) is 2.90. The van der Waals surface area contributed by atoms with E-state index in [4.69, 9.17) is 0 Å². The van der Waals surface area contributed by atoms with Crippen LogP contribution in [0.15, 0.2) is 12.4 Å². The summed E-state index contributed by atoms with van der Waals surface area (Å²) in [5.41, 5.74) is 1.32. The second-order valence-electron chi connectivity index (χ2n) is 4.35. The second kappa shape index (κ2) is 4.64. The van der Waals surface area contributed by atoms with Crippen LogP contribution in [0.5, 0.6) is 0 Å². The number of carboxylic acids is 1. The maximum absolute atomic E-state index is 11.2. The summed E-state index contributed by atoms with van der Waals surface area (Å²) in [7, 11) is 1.79. The van der Waals surface area contributed by atoms with Crippen molar-refractivity contribution in [3.05, 3.63) is 18.0 Å². The van der Waals surface area contributed by atoms with Gasteiger partial charge in [0.1, 0.15) is 5.56 Å². The first-order valence-corrected chi connectivity index (χ1v) is 5.85. The summed E-state index contributed by atoms with van der Waals surface area (Å²) >= 11 is 0. The lowest BCUT2D eigenvalue weighted by Gasteiger charge is -2.15. The smallest absolute Gasteiger partial charge is 0.339 e. The zero-order chi connectivity index (χ0) is 13.3. The molecule has 2 aromatic rings. The highest BCUT2D eigenvalue weighted by Gasteiger charge is 2.17. The van der Waals surface area contributed by atoms with Crippen LogP contribution in [0.2, 0.25) is 0 Å². The van der Waals surface area contributed by atoms with Gasteiger partial charge in [0.05, 0.1) is 11.1 Å². The van der Waals surface area contributed by atoms with Crippen LogP contribution in [0.3, 0.4) is 0 Å². The molecule has 1 unspecified atom stereocenters. The van der Waals surface area contributed by atoms with Crippen molar-refractivity contribution in [2.45, 2.75) is 26.3 Å². The molecular weight excluding hydrogens is 232 g/mol. The highest BCUT2D eigenvalue weighted by atomic mass is 16.4. The molecule has 0 radical (unpaired) electrons. The number of carbonyl (C=O) groups is 1. The minimum Gasteiger partial charge on any atom is -0.478 e. The SMILES string of the molecule is CCC(C)Nc1c(C(=O)O)cnc2nn(C)cc12. The molecule has 0 saturated carbocycles. The minimum absolute atomic E-state index is 0.177. The first kappa shape index (κ1) is 12.3. The molecule has 1 atom stereocenters. The Bertz CT molecular complexity index is 591. The number of pyridine rings is 1. The van der Waals surface area contributed by atoms with Gasteiger partial charge in [-0.2, -0.15) is 5.10 Å². The summed E-state index contributed by atoms with van der Waals surface area (Å²) in [5.74, 6) is -0.987. The van der Waals surface area contributed by atoms with Gasteiger partial charge in [0.2, 0.25) is 0 Å². The van der Waals surface area contributed by atoms with Gasteiger partial charge in [0.15, 0.2) is 5.65 Å². The number of nitrogens with zero attached hydrogens (tertiary/aromatic N) is 3. The summed E-state index contributed by atoms with van der Waals surface area (Å²) in [6.07, 6.45) is 4.03. The fourth-order valence-electron chi connectivity index (χ4n) is 1.75. The van der Waals surface area contributed by atoms with Gasteiger partial charge in [0, 0.05) is 25.5 Å². The van der Waals surface area contributed by atoms with Crippen molar-refractivity contribution >= 4 is 22.7 Å². The van der Waals surface area contributed by atoms with E-state index in [0.717, 1.165) is 11.8 Å². The maximum Gasteiger partial charge on any atom is 0.339 e. The molecule has 96 valence electrons. The predicted molar refractivity (Wildman–Crippen MR) is 68.8 cm³/mol. The number of aromatic carboxylic acids is 1. The fraction of sp³-hybridized carbons (Fsp3) is 0.417. The topological polar surface area (TPSA) is 80.0 Å². The van der Waals surface area contributed by atoms with Crippen LogP contribution in [0.1, 0.15) is 30.6 Å². The van der Waals surface area contributed by atoms with Crippen molar-refractivity contribution in [1.29, 1.82) is 0 Å². The van der Waals surface area contributed by atoms with Crippen LogP contribution in [0, 0.1) is 0 Å². The van der Waals surface area contributed by atoms with E-state index in [-0.39, 0.29) is 11.6 Å². The largest absolute Gasteiger partial charge is 0.478 e. The number of aryl methyl sites for hydroxylation is 1. The number of hydrogen-bond acceptors (Lipinski definition) is 4. The Morgan fingerprint density at radius 1 is 1.61 bits per heavy atom. The quantitative estimate of drug-likeness (QED) is 0.863. The summed E-state index contributed by atoms with van der Waals surface area (Å²) in [6.45, 7) is 4.05. The van der Waals surface area contributed by atoms with Gasteiger partial charge in [0.25, 0.3) is 0 Å². The molecule has 2 heterocycles. The lowest BCUT2D eigenvalue weighted by Crippen LogP contribution is -2.16. The zero-order valence-corrected chi connectivity index (χ0v) is 10.6. The number of fused-ring (bicyclic) bond motifs is 1. The van der Waals surface area contributed by atoms with Crippen molar-refractivity contribution in [1.82, 2.24) is 14.8 Å². The molecule has 0 saturated heterocycles. The monoisotopic (exact) mass is 248 g/mol. The molecule has 2 N–H and O–H groups in total. The van der Waals surface area contributed by atoms with Gasteiger partial charge in [-0.3, -0.25) is 4.68 Å². The average Bonchev–Trinajstić information content (AvgIpc) is 2.69. The van der Waals surface area contributed by atoms with Gasteiger partial charge >= 0.3 is 5.97 Å². The molecule has 0 aliphatic heterocycles. The molecule has 18 heavy (non-hydrogen) atoms. The molecule has 6 nitrogen and oxygen atoms in total. The van der Waals surface area contributed by atoms with E-state index in [1.54, 1.807) is 17.9 Å². The van der Waals surface area contributed by atoms with Gasteiger partial charge < -0.3 is 10.4 Å². The number of carboxylic acid groups (broad SMARTS) is 1. The number of hydrogen-bond donors (Lipinski definition) is 2. The Morgan fingerprint density at radius 2 is 2.33 bits per heavy atom. The third-order valence-corrected chi connectivity index (χ3v) is 2.90. The molecule has 0 fully saturated rings. The lowest BCUT2D eigenvalue weighted by molar-refractivity contribution is 0.0697. The van der Waals surface area contributed by atoms with E-state index < -0.39 is 5.97 Å². The normalized spacial score (nSPS) is 12.6. The van der Waals surface area contributed by atoms with Crippen molar-refractivity contribution < 1.29 is 9.90 Å². The van der Waals surface area contributed by atoms with Gasteiger partial charge in [-0.15, -0.1) is 0 Å². The van der Waals surface area contributed by atoms with E-state index >= 15 is 0 Å². The Kier molecular flexibility index (Phi) is 3.18. The van der Waals surface area contributed by atoms with Gasteiger partial charge in [-0.1, -0.05) is 6.92 Å². The zero-order valence-electron chi connectivity index (χ0n) is 10.6. The minimum atomic E-state index is -0.987. The van der Waals surface area contributed by atoms with E-state index in [1.165, 1.54) is 6.20 Å². The van der Waals surface area contributed by atoms with E-state index in [2.05, 4.69) is 15.4 Å². The summed E-state index contributed by atoms with van der Waals surface area (Å²) in [5, 5.41) is 17.3. The first-order valence-electron chi connectivity index (χ1n) is 5.85. The van der Waals surface area contributed by atoms with Crippen LogP contribution in [0.25, 0.3) is 11.0 Å². The molecular formula is C12H16N4O2. The summed E-state index contributed by atoms with van der Waals surface area (Å²) in [4.78, 5) is 15.3. The van der Waals surface area contributed by atoms with Crippen molar-refractivity contribution in [2.24, 2.45) is 7.05 Å². The average molecular weight is 248 g/mol. The highest BCUT2D eigenvalue weighted by molar-refractivity contribution is 6.03. The molecule has 0 aliphatic carbocycles. The summed E-state index contributed by atoms with van der Waals surface area (Å²) < 4.78 is 1.63. The molecule has 0 spiro atoms. The van der Waals surface area contributed by atoms with Crippen LogP contribution >= 0.6 is 0 Å². The van der Waals surface area contributed by atoms with Crippen LogP contribution in [-0.2, 0) is 7.05 Å². The Hall–Kier alpha value is -2.11. The fourth-order valence-corrected chi connectivity index (χ4v) is 1.75. The molecule has 2 aromatic heterocycles. The first-order chi connectivity index (χ1) is 8.52. The Labute approximate surface area is 105 Å². The molecule has 2 rings (SSSR count). The number of aromatic nitrogens is 3. The van der Waals surface area contributed by atoms with E-state index in [0.29, 0.717) is 11.3 Å². The molecule has 0 aliphatic rings. The van der Waals surface area contributed by atoms with Crippen LogP contribution in [-0.4, -0.2) is 31.9 Å². The number of nitrogens with one attached hydrogen (secondary N) is 1. The van der Waals surface area contributed by atoms with E-state index in [1.807, 2.05) is 13.8 Å². The van der Waals surface area contributed by atoms with Crippen molar-refractivity contribution in [3.63, 3.8) is 0 Å². The summed E-state index contributed by atoms with van der Waals surface area (Å²) in [6, 6.07) is 0.189.